The van der Waals surface area contributed by atoms with E-state index in [0.29, 0.717) is 17.1 Å². The number of nitrogens with one attached hydrogen (secondary N) is 1. The van der Waals surface area contributed by atoms with E-state index in [-0.39, 0.29) is 18.1 Å². The van der Waals surface area contributed by atoms with Gasteiger partial charge in [-0.25, -0.2) is 9.82 Å². The van der Waals surface area contributed by atoms with Crippen molar-refractivity contribution in [1.82, 2.24) is 5.43 Å². The predicted octanol–water partition coefficient (Wildman–Crippen LogP) is 4.85. The number of rotatable bonds is 5. The minimum absolute atomic E-state index is 0.122. The van der Waals surface area contributed by atoms with Gasteiger partial charge in [-0.05, 0) is 54.4 Å². The SMILES string of the molecule is Cc1ccc(-c2ccc(/C=N\NC(=O)Cc3ccc(F)cc3)o2)c(Br)c1. The summed E-state index contributed by atoms with van der Waals surface area (Å²) in [4.78, 5) is 11.8. The van der Waals surface area contributed by atoms with Crippen LogP contribution >= 0.6 is 15.9 Å². The normalized spacial score (nSPS) is 11.0. The van der Waals surface area contributed by atoms with Gasteiger partial charge in [-0.3, -0.25) is 4.79 Å². The fraction of sp³-hybridized carbons (Fsp3) is 0.100. The fourth-order valence-corrected chi connectivity index (χ4v) is 3.07. The number of hydrogen-bond acceptors (Lipinski definition) is 3. The van der Waals surface area contributed by atoms with E-state index >= 15 is 0 Å². The van der Waals surface area contributed by atoms with Crippen molar-refractivity contribution in [3.63, 3.8) is 0 Å². The number of hydrogen-bond donors (Lipinski definition) is 1. The summed E-state index contributed by atoms with van der Waals surface area (Å²) < 4.78 is 19.5. The lowest BCUT2D eigenvalue weighted by Crippen LogP contribution is -2.19. The van der Waals surface area contributed by atoms with Crippen molar-refractivity contribution >= 4 is 28.1 Å². The Morgan fingerprint density at radius 2 is 1.96 bits per heavy atom. The molecule has 1 amide bonds. The Labute approximate surface area is 158 Å². The lowest BCUT2D eigenvalue weighted by molar-refractivity contribution is -0.120. The van der Waals surface area contributed by atoms with Gasteiger partial charge in [-0.15, -0.1) is 0 Å². The molecule has 0 aliphatic rings. The Hall–Kier alpha value is -2.73. The molecule has 1 N–H and O–H groups in total. The van der Waals surface area contributed by atoms with Gasteiger partial charge in [0.1, 0.15) is 17.3 Å². The molecule has 1 aromatic heterocycles. The second-order valence-corrected chi connectivity index (χ2v) is 6.64. The summed E-state index contributed by atoms with van der Waals surface area (Å²) in [6.45, 7) is 2.02. The van der Waals surface area contributed by atoms with Crippen molar-refractivity contribution in [3.8, 4) is 11.3 Å². The van der Waals surface area contributed by atoms with Crippen LogP contribution in [0.4, 0.5) is 4.39 Å². The largest absolute Gasteiger partial charge is 0.455 e. The Morgan fingerprint density at radius 1 is 1.19 bits per heavy atom. The first-order valence-corrected chi connectivity index (χ1v) is 8.73. The van der Waals surface area contributed by atoms with E-state index in [9.17, 15) is 9.18 Å². The van der Waals surface area contributed by atoms with Crippen LogP contribution in [0.15, 0.2) is 68.6 Å². The van der Waals surface area contributed by atoms with Crippen LogP contribution in [0.3, 0.4) is 0 Å². The fourth-order valence-electron chi connectivity index (χ4n) is 2.38. The van der Waals surface area contributed by atoms with Gasteiger partial charge in [0.05, 0.1) is 12.6 Å². The van der Waals surface area contributed by atoms with Crippen LogP contribution < -0.4 is 5.43 Å². The lowest BCUT2D eigenvalue weighted by atomic mass is 10.1. The zero-order valence-electron chi connectivity index (χ0n) is 14.0. The summed E-state index contributed by atoms with van der Waals surface area (Å²) in [5.74, 6) is 0.604. The van der Waals surface area contributed by atoms with Crippen molar-refractivity contribution in [3.05, 3.63) is 81.8 Å². The van der Waals surface area contributed by atoms with Crippen LogP contribution in [0.2, 0.25) is 0 Å². The van der Waals surface area contributed by atoms with E-state index in [4.69, 9.17) is 4.42 Å². The molecule has 0 saturated heterocycles. The van der Waals surface area contributed by atoms with Gasteiger partial charge in [0.15, 0.2) is 0 Å². The first-order valence-electron chi connectivity index (χ1n) is 7.94. The number of nitrogens with zero attached hydrogens (tertiary/aromatic N) is 1. The van der Waals surface area contributed by atoms with Crippen molar-refractivity contribution in [1.29, 1.82) is 0 Å². The lowest BCUT2D eigenvalue weighted by Gasteiger charge is -2.02. The number of aryl methyl sites for hydroxylation is 1. The van der Waals surface area contributed by atoms with Gasteiger partial charge < -0.3 is 4.42 Å². The highest BCUT2D eigenvalue weighted by Gasteiger charge is 2.08. The topological polar surface area (TPSA) is 54.6 Å². The van der Waals surface area contributed by atoms with Gasteiger partial charge in [-0.1, -0.05) is 34.1 Å². The third kappa shape index (κ3) is 4.67. The Kier molecular flexibility index (Phi) is 5.63. The van der Waals surface area contributed by atoms with E-state index in [1.807, 2.05) is 31.2 Å². The molecule has 0 saturated carbocycles. The molecule has 0 aliphatic heterocycles. The quantitative estimate of drug-likeness (QED) is 0.479. The molecule has 0 unspecified atom stereocenters. The maximum Gasteiger partial charge on any atom is 0.244 e. The zero-order valence-corrected chi connectivity index (χ0v) is 15.6. The predicted molar refractivity (Wildman–Crippen MR) is 102 cm³/mol. The molecule has 132 valence electrons. The number of furan rings is 1. The molecular formula is C20H16BrFN2O2. The van der Waals surface area contributed by atoms with Gasteiger partial charge in [0.25, 0.3) is 0 Å². The van der Waals surface area contributed by atoms with Gasteiger partial charge in [0, 0.05) is 10.0 Å². The standard InChI is InChI=1S/C20H16BrFN2O2/c1-13-2-8-17(18(21)10-13)19-9-7-16(26-19)12-23-24-20(25)11-14-3-5-15(22)6-4-14/h2-10,12H,11H2,1H3,(H,24,25)/b23-12-. The second kappa shape index (κ2) is 8.10. The molecule has 0 spiro atoms. The monoisotopic (exact) mass is 414 g/mol. The van der Waals surface area contributed by atoms with Crippen LogP contribution in [0.1, 0.15) is 16.9 Å². The van der Waals surface area contributed by atoms with Crippen molar-refractivity contribution in [2.24, 2.45) is 5.10 Å². The molecule has 0 radical (unpaired) electrons. The highest BCUT2D eigenvalue weighted by atomic mass is 79.9. The molecular weight excluding hydrogens is 399 g/mol. The maximum atomic E-state index is 12.8. The second-order valence-electron chi connectivity index (χ2n) is 5.78. The summed E-state index contributed by atoms with van der Waals surface area (Å²) >= 11 is 3.53. The molecule has 0 bridgehead atoms. The average Bonchev–Trinajstić information content (AvgIpc) is 3.05. The van der Waals surface area contributed by atoms with E-state index in [1.165, 1.54) is 18.3 Å². The number of hydrazone groups is 1. The van der Waals surface area contributed by atoms with Crippen molar-refractivity contribution in [2.45, 2.75) is 13.3 Å². The van der Waals surface area contributed by atoms with Crippen LogP contribution in [0, 0.1) is 12.7 Å². The highest BCUT2D eigenvalue weighted by Crippen LogP contribution is 2.30. The summed E-state index contributed by atoms with van der Waals surface area (Å²) in [6, 6.07) is 15.4. The highest BCUT2D eigenvalue weighted by molar-refractivity contribution is 9.10. The van der Waals surface area contributed by atoms with Crippen LogP contribution in [-0.4, -0.2) is 12.1 Å². The Balaban J connectivity index is 1.60. The number of carbonyl (C=O) groups excluding carboxylic acids is 1. The first-order chi connectivity index (χ1) is 12.5. The summed E-state index contributed by atoms with van der Waals surface area (Å²) in [5, 5.41) is 3.89. The minimum atomic E-state index is -0.332. The third-order valence-electron chi connectivity index (χ3n) is 3.68. The van der Waals surface area contributed by atoms with E-state index in [1.54, 1.807) is 18.2 Å². The molecule has 0 fully saturated rings. The molecule has 3 rings (SSSR count). The van der Waals surface area contributed by atoms with E-state index in [2.05, 4.69) is 26.5 Å². The minimum Gasteiger partial charge on any atom is -0.455 e. The van der Waals surface area contributed by atoms with E-state index < -0.39 is 0 Å². The third-order valence-corrected chi connectivity index (χ3v) is 4.33. The number of halogens is 2. The van der Waals surface area contributed by atoms with Gasteiger partial charge in [-0.2, -0.15) is 5.10 Å². The Bertz CT molecular complexity index is 949. The molecule has 4 nitrogen and oxygen atoms in total. The maximum absolute atomic E-state index is 12.8. The first kappa shape index (κ1) is 18.1. The molecule has 3 aromatic rings. The molecule has 26 heavy (non-hydrogen) atoms. The van der Waals surface area contributed by atoms with Crippen LogP contribution in [0.25, 0.3) is 11.3 Å². The zero-order chi connectivity index (χ0) is 18.5. The van der Waals surface area contributed by atoms with Crippen LogP contribution in [0.5, 0.6) is 0 Å². The van der Waals surface area contributed by atoms with Crippen LogP contribution in [-0.2, 0) is 11.2 Å². The molecule has 6 heteroatoms. The molecule has 1 heterocycles. The molecule has 2 aromatic carbocycles. The van der Waals surface area contributed by atoms with Crippen molar-refractivity contribution < 1.29 is 13.6 Å². The van der Waals surface area contributed by atoms with Gasteiger partial charge >= 0.3 is 0 Å². The smallest absolute Gasteiger partial charge is 0.244 e. The van der Waals surface area contributed by atoms with Gasteiger partial charge in [0.2, 0.25) is 5.91 Å². The summed E-state index contributed by atoms with van der Waals surface area (Å²) in [7, 11) is 0. The Morgan fingerprint density at radius 3 is 2.69 bits per heavy atom. The van der Waals surface area contributed by atoms with E-state index in [0.717, 1.165) is 15.6 Å². The summed E-state index contributed by atoms with van der Waals surface area (Å²) in [5.41, 5.74) is 5.23. The molecule has 0 atom stereocenters. The van der Waals surface area contributed by atoms with Crippen molar-refractivity contribution in [2.75, 3.05) is 0 Å². The average molecular weight is 415 g/mol. The number of amides is 1. The molecule has 0 aliphatic carbocycles. The summed E-state index contributed by atoms with van der Waals surface area (Å²) in [6.07, 6.45) is 1.56. The number of carbonyl (C=O) groups is 1. The number of benzene rings is 2.